The summed E-state index contributed by atoms with van der Waals surface area (Å²) < 4.78 is 50.6. The molecule has 2 saturated heterocycles. The van der Waals surface area contributed by atoms with Crippen molar-refractivity contribution in [2.24, 2.45) is 0 Å². The van der Waals surface area contributed by atoms with Crippen LogP contribution in [0, 0.1) is 11.6 Å². The first-order valence-electron chi connectivity index (χ1n) is 10.8. The van der Waals surface area contributed by atoms with E-state index in [0.717, 1.165) is 6.07 Å². The van der Waals surface area contributed by atoms with Gasteiger partial charge in [0.05, 0.1) is 28.1 Å². The van der Waals surface area contributed by atoms with Crippen molar-refractivity contribution in [3.8, 4) is 11.1 Å². The Morgan fingerprint density at radius 1 is 1.21 bits per heavy atom. The molecule has 2 fully saturated rings. The molecule has 1 aromatic heterocycles. The zero-order chi connectivity index (χ0) is 23.8. The minimum Gasteiger partial charge on any atom is -0.348 e. The van der Waals surface area contributed by atoms with Gasteiger partial charge in [0.1, 0.15) is 17.5 Å². The second-order valence-electron chi connectivity index (χ2n) is 8.76. The number of thioether (sulfide) groups is 1. The molecular formula is C22H21ClF2N4O3S2. The van der Waals surface area contributed by atoms with Gasteiger partial charge in [-0.2, -0.15) is 15.6 Å². The van der Waals surface area contributed by atoms with Crippen LogP contribution in [-0.2, 0) is 6.54 Å². The first-order chi connectivity index (χ1) is 16.2. The third-order valence-electron chi connectivity index (χ3n) is 6.69. The number of rotatable bonds is 2. The lowest BCUT2D eigenvalue weighted by atomic mass is 10.0. The van der Waals surface area contributed by atoms with Crippen LogP contribution in [-0.4, -0.2) is 61.1 Å². The third kappa shape index (κ3) is 3.52. The second kappa shape index (κ2) is 8.07. The zero-order valence-electron chi connectivity index (χ0n) is 17.8. The van der Waals surface area contributed by atoms with Gasteiger partial charge in [0.2, 0.25) is 0 Å². The van der Waals surface area contributed by atoms with Gasteiger partial charge >= 0.3 is 5.69 Å². The van der Waals surface area contributed by atoms with E-state index < -0.39 is 27.9 Å². The standard InChI is InChI=1S/C22H21ClF2N4O3S2/c23-14-8-13-19-20(18(14)12-2-1-11(24)7-15(12)25)33-6-5-29(19)22(30)27-21(13)28-4-3-26-16-9-34(31,32)10-17(16)28/h1-2,7-8,16-17,26,31-32H,3-6,9-10H2/t16-,17+/m0/s1. The van der Waals surface area contributed by atoms with Crippen LogP contribution in [0.3, 0.4) is 0 Å². The maximum absolute atomic E-state index is 14.8. The number of fused-ring (bicyclic) bond motifs is 1. The quantitative estimate of drug-likeness (QED) is 0.465. The van der Waals surface area contributed by atoms with E-state index in [-0.39, 0.29) is 34.2 Å². The van der Waals surface area contributed by atoms with Crippen molar-refractivity contribution in [2.45, 2.75) is 23.5 Å². The number of halogens is 3. The third-order valence-corrected chi connectivity index (χ3v) is 9.83. The molecule has 3 aliphatic rings. The average molecular weight is 527 g/mol. The topological polar surface area (TPSA) is 90.6 Å². The summed E-state index contributed by atoms with van der Waals surface area (Å²) in [6.45, 7) is 1.59. The number of benzene rings is 2. The monoisotopic (exact) mass is 526 g/mol. The van der Waals surface area contributed by atoms with Crippen LogP contribution in [0.25, 0.3) is 22.0 Å². The summed E-state index contributed by atoms with van der Waals surface area (Å²) in [5.41, 5.74) is 0.794. The van der Waals surface area contributed by atoms with Gasteiger partial charge in [-0.3, -0.25) is 13.7 Å². The van der Waals surface area contributed by atoms with Crippen molar-refractivity contribution in [2.75, 3.05) is 35.2 Å². The lowest BCUT2D eigenvalue weighted by molar-refractivity contribution is 0.423. The van der Waals surface area contributed by atoms with E-state index in [1.807, 2.05) is 4.90 Å². The van der Waals surface area contributed by atoms with Crippen LogP contribution in [0.1, 0.15) is 0 Å². The largest absolute Gasteiger partial charge is 0.350 e. The van der Waals surface area contributed by atoms with Gasteiger partial charge in [-0.05, 0) is 18.2 Å². The maximum atomic E-state index is 14.8. The van der Waals surface area contributed by atoms with E-state index >= 15 is 0 Å². The molecule has 4 heterocycles. The van der Waals surface area contributed by atoms with Gasteiger partial charge in [-0.25, -0.2) is 13.6 Å². The van der Waals surface area contributed by atoms with E-state index in [1.165, 1.54) is 23.9 Å². The molecule has 0 saturated carbocycles. The zero-order valence-corrected chi connectivity index (χ0v) is 20.2. The fraction of sp³-hybridized carbons (Fsp3) is 0.364. The van der Waals surface area contributed by atoms with E-state index in [0.29, 0.717) is 52.6 Å². The molecule has 7 nitrogen and oxygen atoms in total. The van der Waals surface area contributed by atoms with Crippen molar-refractivity contribution < 1.29 is 17.9 Å². The molecule has 3 aliphatic heterocycles. The Bertz CT molecular complexity index is 1400. The number of aromatic nitrogens is 2. The molecule has 12 heteroatoms. The van der Waals surface area contributed by atoms with Gasteiger partial charge in [0.15, 0.2) is 0 Å². The number of nitrogens with zero attached hydrogens (tertiary/aromatic N) is 3. The number of nitrogens with one attached hydrogen (secondary N) is 1. The highest BCUT2D eigenvalue weighted by atomic mass is 35.5. The fourth-order valence-corrected chi connectivity index (χ4v) is 8.84. The maximum Gasteiger partial charge on any atom is 0.350 e. The predicted octanol–water partition coefficient (Wildman–Crippen LogP) is 4.01. The second-order valence-corrected chi connectivity index (χ2v) is 12.5. The molecule has 3 aromatic rings. The summed E-state index contributed by atoms with van der Waals surface area (Å²) in [5, 5.41) is 4.27. The molecule has 34 heavy (non-hydrogen) atoms. The van der Waals surface area contributed by atoms with Crippen molar-refractivity contribution in [3.63, 3.8) is 0 Å². The highest BCUT2D eigenvalue weighted by Crippen LogP contribution is 2.50. The van der Waals surface area contributed by atoms with Gasteiger partial charge < -0.3 is 10.2 Å². The number of aryl methyl sites for hydroxylation is 1. The van der Waals surface area contributed by atoms with E-state index in [9.17, 15) is 22.7 Å². The molecule has 0 aliphatic carbocycles. The van der Waals surface area contributed by atoms with Gasteiger partial charge in [0.25, 0.3) is 0 Å². The van der Waals surface area contributed by atoms with Crippen LogP contribution in [0.2, 0.25) is 5.02 Å². The Morgan fingerprint density at radius 3 is 2.82 bits per heavy atom. The normalized spacial score (nSPS) is 24.3. The smallest absolute Gasteiger partial charge is 0.348 e. The summed E-state index contributed by atoms with van der Waals surface area (Å²) in [6.07, 6.45) is 0. The lowest BCUT2D eigenvalue weighted by Gasteiger charge is -2.39. The molecule has 2 aromatic carbocycles. The molecule has 3 N–H and O–H groups in total. The molecule has 0 bridgehead atoms. The SMILES string of the molecule is O=c1nc(N2CCN[C@H]3CS(O)(O)C[C@H]32)c2cc(Cl)c(-c3ccc(F)cc3F)c3c2n1CCS3. The van der Waals surface area contributed by atoms with Gasteiger partial charge in [0, 0.05) is 58.9 Å². The molecule has 0 amide bonds. The molecule has 0 unspecified atom stereocenters. The van der Waals surface area contributed by atoms with Crippen LogP contribution >= 0.6 is 34.0 Å². The molecule has 2 atom stereocenters. The number of anilines is 1. The van der Waals surface area contributed by atoms with E-state index in [4.69, 9.17) is 11.6 Å². The Kier molecular flexibility index (Phi) is 5.36. The molecule has 180 valence electrons. The molecule has 0 radical (unpaired) electrons. The number of piperazine rings is 1. The summed E-state index contributed by atoms with van der Waals surface area (Å²) in [4.78, 5) is 20.2. The van der Waals surface area contributed by atoms with Gasteiger partial charge in [-0.1, -0.05) is 11.6 Å². The highest BCUT2D eigenvalue weighted by molar-refractivity contribution is 8.24. The average Bonchev–Trinajstić information content (AvgIpc) is 3.11. The summed E-state index contributed by atoms with van der Waals surface area (Å²) >= 11 is 8.20. The first kappa shape index (κ1) is 22.6. The number of hydrogen-bond donors (Lipinski definition) is 3. The van der Waals surface area contributed by atoms with E-state index in [2.05, 4.69) is 10.3 Å². The number of hydrogen-bond acceptors (Lipinski definition) is 7. The predicted molar refractivity (Wildman–Crippen MR) is 133 cm³/mol. The van der Waals surface area contributed by atoms with Crippen LogP contribution in [0.4, 0.5) is 14.6 Å². The summed E-state index contributed by atoms with van der Waals surface area (Å²) in [6, 6.07) is 4.70. The summed E-state index contributed by atoms with van der Waals surface area (Å²) in [7, 11) is -2.72. The van der Waals surface area contributed by atoms with Crippen molar-refractivity contribution in [1.29, 1.82) is 0 Å². The molecule has 6 rings (SSSR count). The van der Waals surface area contributed by atoms with Crippen molar-refractivity contribution in [3.05, 3.63) is 51.4 Å². The Hall–Kier alpha value is -1.89. The minimum atomic E-state index is -2.72. The molecule has 0 spiro atoms. The Morgan fingerprint density at radius 2 is 2.03 bits per heavy atom. The highest BCUT2D eigenvalue weighted by Gasteiger charge is 2.44. The fourth-order valence-electron chi connectivity index (χ4n) is 5.27. The van der Waals surface area contributed by atoms with Crippen LogP contribution < -0.4 is 15.9 Å². The summed E-state index contributed by atoms with van der Waals surface area (Å²) in [5.74, 6) is 0.0796. The Balaban J connectivity index is 1.60. The minimum absolute atomic E-state index is 0.122. The van der Waals surface area contributed by atoms with Crippen LogP contribution in [0.5, 0.6) is 0 Å². The lowest BCUT2D eigenvalue weighted by Crippen LogP contribution is -2.58. The molecular weight excluding hydrogens is 506 g/mol. The van der Waals surface area contributed by atoms with E-state index in [1.54, 1.807) is 10.6 Å². The first-order valence-corrected chi connectivity index (χ1v) is 14.1. The van der Waals surface area contributed by atoms with Crippen molar-refractivity contribution >= 4 is 50.7 Å². The van der Waals surface area contributed by atoms with Crippen LogP contribution in [0.15, 0.2) is 34.0 Å². The van der Waals surface area contributed by atoms with Gasteiger partial charge in [-0.15, -0.1) is 11.8 Å². The van der Waals surface area contributed by atoms with Crippen molar-refractivity contribution in [1.82, 2.24) is 14.9 Å². The Labute approximate surface area is 204 Å².